The van der Waals surface area contributed by atoms with Crippen LogP contribution in [0.5, 0.6) is 0 Å². The number of rotatable bonds is 2. The van der Waals surface area contributed by atoms with E-state index in [2.05, 4.69) is 10.3 Å². The summed E-state index contributed by atoms with van der Waals surface area (Å²) in [6.45, 7) is 1.43. The maximum atomic E-state index is 13.1. The van der Waals surface area contributed by atoms with Crippen molar-refractivity contribution in [2.75, 3.05) is 0 Å². The molecule has 0 aliphatic carbocycles. The monoisotopic (exact) mass is 337 g/mol. The van der Waals surface area contributed by atoms with Crippen molar-refractivity contribution in [2.45, 2.75) is 23.4 Å². The average Bonchev–Trinajstić information content (AvgIpc) is 2.96. The summed E-state index contributed by atoms with van der Waals surface area (Å²) in [6.07, 6.45) is 0. The summed E-state index contributed by atoms with van der Waals surface area (Å²) < 4.78 is 1.61. The minimum Gasteiger partial charge on any atom is -0.343 e. The normalized spacial score (nSPS) is 20.0. The van der Waals surface area contributed by atoms with E-state index in [0.717, 1.165) is 16.6 Å². The Bertz CT molecular complexity index is 936. The van der Waals surface area contributed by atoms with Crippen molar-refractivity contribution in [1.82, 2.24) is 14.9 Å². The molecule has 1 amide bonds. The second kappa shape index (κ2) is 5.79. The van der Waals surface area contributed by atoms with Crippen LogP contribution in [0.2, 0.25) is 0 Å². The topological polar surface area (TPSA) is 64.0 Å². The number of thioether (sulfide) groups is 1. The number of imidazole rings is 1. The van der Waals surface area contributed by atoms with Gasteiger partial charge in [-0.2, -0.15) is 0 Å². The number of benzene rings is 2. The lowest BCUT2D eigenvalue weighted by molar-refractivity contribution is -0.119. The van der Waals surface area contributed by atoms with Crippen LogP contribution >= 0.6 is 11.8 Å². The van der Waals surface area contributed by atoms with Crippen LogP contribution in [0.4, 0.5) is 0 Å². The SMILES string of the molecule is CC(=O)NC1C(=O)n2c(nc3ccccc32)SC1c1ccccc1. The van der Waals surface area contributed by atoms with Crippen LogP contribution in [0.15, 0.2) is 59.8 Å². The summed E-state index contributed by atoms with van der Waals surface area (Å²) in [5, 5.41) is 3.28. The predicted molar refractivity (Wildman–Crippen MR) is 93.0 cm³/mol. The van der Waals surface area contributed by atoms with Gasteiger partial charge in [0.05, 0.1) is 16.3 Å². The number of aromatic nitrogens is 2. The lowest BCUT2D eigenvalue weighted by atomic mass is 10.0. The maximum Gasteiger partial charge on any atom is 0.257 e. The van der Waals surface area contributed by atoms with E-state index in [9.17, 15) is 9.59 Å². The number of carbonyl (C=O) groups excluding carboxylic acids is 2. The van der Waals surface area contributed by atoms with Gasteiger partial charge in [0.25, 0.3) is 5.91 Å². The molecular formula is C18H15N3O2S. The molecular weight excluding hydrogens is 322 g/mol. The molecule has 24 heavy (non-hydrogen) atoms. The Morgan fingerprint density at radius 1 is 1.12 bits per heavy atom. The van der Waals surface area contributed by atoms with Crippen molar-refractivity contribution in [3.05, 3.63) is 60.2 Å². The van der Waals surface area contributed by atoms with Crippen LogP contribution in [0, 0.1) is 0 Å². The van der Waals surface area contributed by atoms with Crippen molar-refractivity contribution >= 4 is 34.6 Å². The number of hydrogen-bond acceptors (Lipinski definition) is 4. The quantitative estimate of drug-likeness (QED) is 0.781. The van der Waals surface area contributed by atoms with Gasteiger partial charge in [0.2, 0.25) is 5.91 Å². The minimum atomic E-state index is -0.625. The molecule has 4 rings (SSSR count). The number of nitrogens with zero attached hydrogens (tertiary/aromatic N) is 2. The van der Waals surface area contributed by atoms with E-state index in [1.807, 2.05) is 54.6 Å². The maximum absolute atomic E-state index is 13.1. The number of carbonyl (C=O) groups is 2. The van der Waals surface area contributed by atoms with Gasteiger partial charge in [-0.05, 0) is 17.7 Å². The van der Waals surface area contributed by atoms with E-state index in [-0.39, 0.29) is 17.1 Å². The Morgan fingerprint density at radius 2 is 1.83 bits per heavy atom. The third-order valence-corrected chi connectivity index (χ3v) is 5.32. The van der Waals surface area contributed by atoms with Gasteiger partial charge in [-0.1, -0.05) is 54.2 Å². The van der Waals surface area contributed by atoms with Gasteiger partial charge in [-0.3, -0.25) is 14.2 Å². The van der Waals surface area contributed by atoms with Gasteiger partial charge in [0.15, 0.2) is 5.16 Å². The van der Waals surface area contributed by atoms with Crippen molar-refractivity contribution in [3.8, 4) is 0 Å². The third kappa shape index (κ3) is 2.39. The molecule has 5 nitrogen and oxygen atoms in total. The zero-order valence-electron chi connectivity index (χ0n) is 13.0. The van der Waals surface area contributed by atoms with Gasteiger partial charge < -0.3 is 5.32 Å². The Labute approximate surface area is 143 Å². The fourth-order valence-corrected chi connectivity index (χ4v) is 4.29. The van der Waals surface area contributed by atoms with Crippen molar-refractivity contribution < 1.29 is 9.59 Å². The van der Waals surface area contributed by atoms with Crippen LogP contribution in [-0.4, -0.2) is 27.4 Å². The standard InChI is InChI=1S/C18H15N3O2S/c1-11(22)19-15-16(12-7-3-2-4-8-12)24-18-20-13-9-5-6-10-14(13)21(18)17(15)23/h2-10,15-16H,1H3,(H,19,22). The second-order valence-electron chi connectivity index (χ2n) is 5.68. The highest BCUT2D eigenvalue weighted by Gasteiger charge is 2.39. The summed E-state index contributed by atoms with van der Waals surface area (Å²) in [4.78, 5) is 29.3. The molecule has 2 atom stereocenters. The van der Waals surface area contributed by atoms with Crippen LogP contribution < -0.4 is 5.32 Å². The lowest BCUT2D eigenvalue weighted by Crippen LogP contribution is -2.47. The molecule has 3 aromatic rings. The lowest BCUT2D eigenvalue weighted by Gasteiger charge is -2.31. The molecule has 6 heteroatoms. The molecule has 0 saturated heterocycles. The highest BCUT2D eigenvalue weighted by atomic mass is 32.2. The summed E-state index contributed by atoms with van der Waals surface area (Å²) in [5.41, 5.74) is 2.54. The van der Waals surface area contributed by atoms with Gasteiger partial charge in [-0.15, -0.1) is 0 Å². The number of fused-ring (bicyclic) bond motifs is 3. The molecule has 2 aromatic carbocycles. The van der Waals surface area contributed by atoms with Gasteiger partial charge in [0, 0.05) is 6.92 Å². The molecule has 1 aliphatic rings. The molecule has 0 bridgehead atoms. The zero-order chi connectivity index (χ0) is 16.7. The highest BCUT2D eigenvalue weighted by molar-refractivity contribution is 7.99. The van der Waals surface area contributed by atoms with E-state index in [1.165, 1.54) is 18.7 Å². The smallest absolute Gasteiger partial charge is 0.257 e. The molecule has 1 aromatic heterocycles. The van der Waals surface area contributed by atoms with E-state index >= 15 is 0 Å². The van der Waals surface area contributed by atoms with Gasteiger partial charge >= 0.3 is 0 Å². The number of para-hydroxylation sites is 2. The van der Waals surface area contributed by atoms with Crippen LogP contribution in [-0.2, 0) is 4.79 Å². The van der Waals surface area contributed by atoms with Crippen molar-refractivity contribution in [2.24, 2.45) is 0 Å². The summed E-state index contributed by atoms with van der Waals surface area (Å²) in [7, 11) is 0. The van der Waals surface area contributed by atoms with Crippen LogP contribution in [0.25, 0.3) is 11.0 Å². The number of hydrogen-bond donors (Lipinski definition) is 1. The fraction of sp³-hybridized carbons (Fsp3) is 0.167. The van der Waals surface area contributed by atoms with Crippen molar-refractivity contribution in [1.29, 1.82) is 0 Å². The fourth-order valence-electron chi connectivity index (χ4n) is 3.01. The van der Waals surface area contributed by atoms with E-state index < -0.39 is 6.04 Å². The number of nitrogens with one attached hydrogen (secondary N) is 1. The summed E-state index contributed by atoms with van der Waals surface area (Å²) in [6, 6.07) is 16.7. The third-order valence-electron chi connectivity index (χ3n) is 4.04. The van der Waals surface area contributed by atoms with Crippen molar-refractivity contribution in [3.63, 3.8) is 0 Å². The predicted octanol–water partition coefficient (Wildman–Crippen LogP) is 3.03. The molecule has 0 spiro atoms. The van der Waals surface area contributed by atoms with Crippen LogP contribution in [0.1, 0.15) is 22.5 Å². The number of amides is 1. The summed E-state index contributed by atoms with van der Waals surface area (Å²) in [5.74, 6) is -0.371. The highest BCUT2D eigenvalue weighted by Crippen LogP contribution is 2.43. The molecule has 0 saturated carbocycles. The molecule has 1 aliphatic heterocycles. The Kier molecular flexibility index (Phi) is 3.61. The van der Waals surface area contributed by atoms with E-state index in [1.54, 1.807) is 4.57 Å². The molecule has 120 valence electrons. The Hall–Kier alpha value is -2.60. The first-order valence-corrected chi connectivity index (χ1v) is 8.53. The Balaban J connectivity index is 1.87. The van der Waals surface area contributed by atoms with Gasteiger partial charge in [0.1, 0.15) is 6.04 Å². The molecule has 2 heterocycles. The largest absolute Gasteiger partial charge is 0.343 e. The van der Waals surface area contributed by atoms with E-state index in [4.69, 9.17) is 0 Å². The first-order valence-electron chi connectivity index (χ1n) is 7.65. The molecule has 0 radical (unpaired) electrons. The first kappa shape index (κ1) is 15.0. The Morgan fingerprint density at radius 3 is 2.58 bits per heavy atom. The minimum absolute atomic E-state index is 0.151. The molecule has 0 fully saturated rings. The second-order valence-corrected chi connectivity index (χ2v) is 6.79. The van der Waals surface area contributed by atoms with Crippen LogP contribution in [0.3, 0.4) is 0 Å². The van der Waals surface area contributed by atoms with Gasteiger partial charge in [-0.25, -0.2) is 4.98 Å². The summed E-state index contributed by atoms with van der Waals surface area (Å²) >= 11 is 1.51. The van der Waals surface area contributed by atoms with E-state index in [0.29, 0.717) is 5.16 Å². The molecule has 2 unspecified atom stereocenters. The first-order chi connectivity index (χ1) is 11.6. The zero-order valence-corrected chi connectivity index (χ0v) is 13.8. The molecule has 1 N–H and O–H groups in total. The average molecular weight is 337 g/mol.